The lowest BCUT2D eigenvalue weighted by molar-refractivity contribution is -0.141. The molecule has 1 aliphatic heterocycles. The molecule has 0 bridgehead atoms. The third-order valence-corrected chi connectivity index (χ3v) is 2.70. The van der Waals surface area contributed by atoms with Gasteiger partial charge >= 0.3 is 5.91 Å². The Morgan fingerprint density at radius 2 is 2.00 bits per heavy atom. The number of carbonyl (C=O) groups excluding carboxylic acids is 2. The summed E-state index contributed by atoms with van der Waals surface area (Å²) in [7, 11) is 0. The second-order valence-corrected chi connectivity index (χ2v) is 3.94. The smallest absolute Gasteiger partial charge is 0.289 e. The highest BCUT2D eigenvalue weighted by molar-refractivity contribution is 6.36. The molecule has 2 aliphatic rings. The summed E-state index contributed by atoms with van der Waals surface area (Å²) in [5.41, 5.74) is 5.25. The number of amides is 1. The van der Waals surface area contributed by atoms with Crippen LogP contribution in [0.25, 0.3) is 0 Å². The Balaban J connectivity index is 1.73. The molecule has 0 spiro atoms. The molecule has 1 saturated carbocycles. The summed E-state index contributed by atoms with van der Waals surface area (Å²) in [6.45, 7) is 0. The number of hydrogen-bond acceptors (Lipinski definition) is 3. The van der Waals surface area contributed by atoms with Crippen LogP contribution in [-0.2, 0) is 9.59 Å². The Morgan fingerprint density at radius 3 is 2.62 bits per heavy atom. The van der Waals surface area contributed by atoms with Gasteiger partial charge in [-0.25, -0.2) is 5.43 Å². The second kappa shape index (κ2) is 3.46. The van der Waals surface area contributed by atoms with Gasteiger partial charge in [-0.1, -0.05) is 12.8 Å². The maximum Gasteiger partial charge on any atom is 0.301 e. The third-order valence-electron chi connectivity index (χ3n) is 2.70. The quantitative estimate of drug-likeness (QED) is 0.610. The molecule has 1 saturated heterocycles. The first kappa shape index (κ1) is 8.69. The third kappa shape index (κ3) is 2.28. The van der Waals surface area contributed by atoms with Crippen LogP contribution < -0.4 is 10.9 Å². The predicted molar refractivity (Wildman–Crippen MR) is 46.6 cm³/mol. The summed E-state index contributed by atoms with van der Waals surface area (Å²) < 4.78 is 0. The lowest BCUT2D eigenvalue weighted by Crippen LogP contribution is -2.53. The molecule has 4 heteroatoms. The lowest BCUT2D eigenvalue weighted by atomic mass is 10.0. The zero-order valence-electron chi connectivity index (χ0n) is 7.51. The first-order valence-corrected chi connectivity index (χ1v) is 4.84. The van der Waals surface area contributed by atoms with Crippen LogP contribution in [0.1, 0.15) is 32.1 Å². The molecule has 1 amide bonds. The summed E-state index contributed by atoms with van der Waals surface area (Å²) in [6.07, 6.45) is 5.22. The summed E-state index contributed by atoms with van der Waals surface area (Å²) in [6, 6.07) is 0.158. The van der Waals surface area contributed by atoms with E-state index < -0.39 is 5.91 Å². The first-order chi connectivity index (χ1) is 6.25. The van der Waals surface area contributed by atoms with Gasteiger partial charge in [0.05, 0.1) is 0 Å². The van der Waals surface area contributed by atoms with E-state index in [2.05, 4.69) is 10.9 Å². The molecule has 1 atom stereocenters. The minimum atomic E-state index is -0.498. The molecule has 1 aliphatic carbocycles. The van der Waals surface area contributed by atoms with Crippen LogP contribution in [0.2, 0.25) is 0 Å². The fourth-order valence-corrected chi connectivity index (χ4v) is 1.62. The van der Waals surface area contributed by atoms with Crippen molar-refractivity contribution in [3.05, 3.63) is 0 Å². The standard InChI is InChI=1S/C9H14N2O2/c12-8-5-7(10-11-9(8)13)4-3-6-1-2-6/h6-7,10H,1-5H2,(H,11,13). The predicted octanol–water partition coefficient (Wildman–Crippen LogP) is 0.139. The molecule has 0 aromatic heterocycles. The number of nitrogens with one attached hydrogen (secondary N) is 2. The maximum atomic E-state index is 11.0. The van der Waals surface area contributed by atoms with Crippen molar-refractivity contribution in [2.75, 3.05) is 0 Å². The van der Waals surface area contributed by atoms with E-state index in [1.54, 1.807) is 0 Å². The van der Waals surface area contributed by atoms with Crippen molar-refractivity contribution >= 4 is 11.7 Å². The normalized spacial score (nSPS) is 28.8. The summed E-state index contributed by atoms with van der Waals surface area (Å²) in [5, 5.41) is 0. The van der Waals surface area contributed by atoms with Gasteiger partial charge in [0.25, 0.3) is 0 Å². The van der Waals surface area contributed by atoms with Crippen LogP contribution in [0.15, 0.2) is 0 Å². The molecule has 72 valence electrons. The van der Waals surface area contributed by atoms with Gasteiger partial charge in [-0.2, -0.15) is 0 Å². The molecule has 13 heavy (non-hydrogen) atoms. The van der Waals surface area contributed by atoms with Gasteiger partial charge in [-0.05, 0) is 18.8 Å². The molecule has 1 heterocycles. The zero-order chi connectivity index (χ0) is 9.26. The van der Waals surface area contributed by atoms with Gasteiger partial charge in [0, 0.05) is 12.5 Å². The van der Waals surface area contributed by atoms with Crippen LogP contribution in [0.3, 0.4) is 0 Å². The van der Waals surface area contributed by atoms with Crippen LogP contribution in [-0.4, -0.2) is 17.7 Å². The molecule has 4 nitrogen and oxygen atoms in total. The summed E-state index contributed by atoms with van der Waals surface area (Å²) >= 11 is 0. The molecule has 0 aromatic rings. The van der Waals surface area contributed by atoms with Crippen molar-refractivity contribution in [2.45, 2.75) is 38.1 Å². The topological polar surface area (TPSA) is 58.2 Å². The number of rotatable bonds is 3. The second-order valence-electron chi connectivity index (χ2n) is 3.94. The Kier molecular flexibility index (Phi) is 2.31. The molecule has 1 unspecified atom stereocenters. The molecular weight excluding hydrogens is 168 g/mol. The van der Waals surface area contributed by atoms with Gasteiger partial charge in [0.1, 0.15) is 0 Å². The summed E-state index contributed by atoms with van der Waals surface area (Å²) in [4.78, 5) is 21.8. The fraction of sp³-hybridized carbons (Fsp3) is 0.778. The molecule has 2 fully saturated rings. The fourth-order valence-electron chi connectivity index (χ4n) is 1.62. The number of Topliss-reactive ketones (excluding diaryl/α,β-unsaturated/α-hetero) is 1. The van der Waals surface area contributed by atoms with Crippen LogP contribution >= 0.6 is 0 Å². The average molecular weight is 182 g/mol. The first-order valence-electron chi connectivity index (χ1n) is 4.84. The molecule has 0 aromatic carbocycles. The highest BCUT2D eigenvalue weighted by Gasteiger charge is 2.28. The minimum Gasteiger partial charge on any atom is -0.289 e. The highest BCUT2D eigenvalue weighted by atomic mass is 16.2. The number of hydrogen-bond donors (Lipinski definition) is 2. The van der Waals surface area contributed by atoms with E-state index in [0.717, 1.165) is 12.3 Å². The van der Waals surface area contributed by atoms with Crippen LogP contribution in [0.4, 0.5) is 0 Å². The zero-order valence-corrected chi connectivity index (χ0v) is 7.51. The van der Waals surface area contributed by atoms with Crippen LogP contribution in [0.5, 0.6) is 0 Å². The van der Waals surface area contributed by atoms with Crippen LogP contribution in [0, 0.1) is 5.92 Å². The van der Waals surface area contributed by atoms with Gasteiger partial charge in [-0.15, -0.1) is 0 Å². The summed E-state index contributed by atoms with van der Waals surface area (Å²) in [5.74, 6) is 0.0942. The minimum absolute atomic E-state index is 0.158. The number of hydrazine groups is 1. The lowest BCUT2D eigenvalue weighted by Gasteiger charge is -2.22. The van der Waals surface area contributed by atoms with Gasteiger partial charge in [0.15, 0.2) is 0 Å². The highest BCUT2D eigenvalue weighted by Crippen LogP contribution is 2.34. The number of ketones is 1. The Hall–Kier alpha value is -0.900. The van der Waals surface area contributed by atoms with Gasteiger partial charge in [0.2, 0.25) is 5.78 Å². The van der Waals surface area contributed by atoms with E-state index in [4.69, 9.17) is 0 Å². The Bertz CT molecular complexity index is 236. The van der Waals surface area contributed by atoms with Gasteiger partial charge in [-0.3, -0.25) is 15.0 Å². The monoisotopic (exact) mass is 182 g/mol. The van der Waals surface area contributed by atoms with Crippen molar-refractivity contribution < 1.29 is 9.59 Å². The van der Waals surface area contributed by atoms with Crippen molar-refractivity contribution in [2.24, 2.45) is 5.92 Å². The van der Waals surface area contributed by atoms with Crippen molar-refractivity contribution in [3.8, 4) is 0 Å². The molecule has 0 radical (unpaired) electrons. The van der Waals surface area contributed by atoms with E-state index in [0.29, 0.717) is 6.42 Å². The molecule has 2 rings (SSSR count). The number of carbonyl (C=O) groups is 2. The van der Waals surface area contributed by atoms with E-state index in [9.17, 15) is 9.59 Å². The van der Waals surface area contributed by atoms with Crippen molar-refractivity contribution in [3.63, 3.8) is 0 Å². The van der Waals surface area contributed by atoms with E-state index >= 15 is 0 Å². The SMILES string of the molecule is O=C1CC(CCC2CC2)NNC1=O. The molecule has 2 N–H and O–H groups in total. The van der Waals surface area contributed by atoms with Gasteiger partial charge < -0.3 is 0 Å². The van der Waals surface area contributed by atoms with Crippen molar-refractivity contribution in [1.29, 1.82) is 0 Å². The average Bonchev–Trinajstić information content (AvgIpc) is 2.91. The van der Waals surface area contributed by atoms with E-state index in [1.807, 2.05) is 0 Å². The Morgan fingerprint density at radius 1 is 1.23 bits per heavy atom. The van der Waals surface area contributed by atoms with Crippen molar-refractivity contribution in [1.82, 2.24) is 10.9 Å². The largest absolute Gasteiger partial charge is 0.301 e. The van der Waals surface area contributed by atoms with E-state index in [1.165, 1.54) is 19.3 Å². The maximum absolute atomic E-state index is 11.0. The Labute approximate surface area is 77.0 Å². The van der Waals surface area contributed by atoms with E-state index in [-0.39, 0.29) is 11.8 Å². The molecular formula is C9H14N2O2.